The normalized spacial score (nSPS) is 10.8. The average molecular weight is 323 g/mol. The van der Waals surface area contributed by atoms with Crippen molar-refractivity contribution < 1.29 is 9.53 Å². The molecule has 3 rings (SSSR count). The number of hydrogen-bond donors (Lipinski definition) is 0. The van der Waals surface area contributed by atoms with Crippen LogP contribution < -0.4 is 5.43 Å². The first-order chi connectivity index (χ1) is 10.1. The van der Waals surface area contributed by atoms with Gasteiger partial charge in [0.1, 0.15) is 17.4 Å². The lowest BCUT2D eigenvalue weighted by molar-refractivity contribution is 0.0599. The van der Waals surface area contributed by atoms with Crippen molar-refractivity contribution in [3.63, 3.8) is 0 Å². The Kier molecular flexibility index (Phi) is 3.40. The molecule has 0 aliphatic rings. The number of aromatic nitrogens is 4. The molecule has 0 bridgehead atoms. The monoisotopic (exact) mass is 322 g/mol. The molecule has 0 aliphatic carbocycles. The molecule has 0 amide bonds. The molecule has 0 unspecified atom stereocenters. The smallest absolute Gasteiger partial charge is 0.343 e. The molecule has 21 heavy (non-hydrogen) atoms. The number of carbonyl (C=O) groups excluding carboxylic acids is 1. The molecule has 9 heteroatoms. The van der Waals surface area contributed by atoms with Crippen LogP contribution in [0, 0.1) is 0 Å². The van der Waals surface area contributed by atoms with Crippen LogP contribution in [0.1, 0.15) is 10.4 Å². The lowest BCUT2D eigenvalue weighted by Gasteiger charge is -2.09. The van der Waals surface area contributed by atoms with Gasteiger partial charge in [0.2, 0.25) is 10.6 Å². The highest BCUT2D eigenvalue weighted by Gasteiger charge is 2.18. The summed E-state index contributed by atoms with van der Waals surface area (Å²) in [5, 5.41) is 0.847. The molecule has 0 radical (unpaired) electrons. The second-order valence-corrected chi connectivity index (χ2v) is 5.17. The molecule has 0 saturated heterocycles. The number of ether oxygens (including phenoxy) is 1. The van der Waals surface area contributed by atoms with Crippen LogP contribution in [0.15, 0.2) is 29.6 Å². The van der Waals surface area contributed by atoms with E-state index in [9.17, 15) is 9.59 Å². The number of rotatable bonds is 2. The van der Waals surface area contributed by atoms with Crippen LogP contribution >= 0.6 is 23.1 Å². The fraction of sp³-hybridized carbons (Fsp3) is 0.0833. The standard InChI is InChI=1S/C12H7ClN4O3S/c1-20-11(19)7-4-17(12-15-5-16-21-12)8-2-6(13)3-14-9(8)10(7)18/h2-5H,1H3. The van der Waals surface area contributed by atoms with Crippen molar-refractivity contribution in [2.45, 2.75) is 0 Å². The van der Waals surface area contributed by atoms with Crippen molar-refractivity contribution in [2.24, 2.45) is 0 Å². The maximum atomic E-state index is 12.3. The molecule has 106 valence electrons. The van der Waals surface area contributed by atoms with Gasteiger partial charge in [0.05, 0.1) is 17.6 Å². The first kappa shape index (κ1) is 13.7. The van der Waals surface area contributed by atoms with Gasteiger partial charge in [-0.2, -0.15) is 4.37 Å². The minimum Gasteiger partial charge on any atom is -0.465 e. The topological polar surface area (TPSA) is 87.0 Å². The molecule has 0 aliphatic heterocycles. The van der Waals surface area contributed by atoms with E-state index >= 15 is 0 Å². The molecule has 0 N–H and O–H groups in total. The average Bonchev–Trinajstić information content (AvgIpc) is 3.01. The summed E-state index contributed by atoms with van der Waals surface area (Å²) in [5.41, 5.74) is -0.0984. The Hall–Kier alpha value is -2.32. The van der Waals surface area contributed by atoms with Gasteiger partial charge in [-0.25, -0.2) is 14.8 Å². The quantitative estimate of drug-likeness (QED) is 0.667. The highest BCUT2D eigenvalue weighted by atomic mass is 35.5. The third-order valence-electron chi connectivity index (χ3n) is 2.77. The van der Waals surface area contributed by atoms with Crippen molar-refractivity contribution in [1.82, 2.24) is 18.9 Å². The number of carbonyl (C=O) groups is 1. The Balaban J connectivity index is 2.44. The van der Waals surface area contributed by atoms with E-state index in [4.69, 9.17) is 11.6 Å². The zero-order valence-electron chi connectivity index (χ0n) is 10.6. The van der Waals surface area contributed by atoms with Crippen LogP contribution in [0.5, 0.6) is 0 Å². The predicted octanol–water partition coefficient (Wildman–Crippen LogP) is 1.68. The molecule has 0 aromatic carbocycles. The Morgan fingerprint density at radius 3 is 2.90 bits per heavy atom. The van der Waals surface area contributed by atoms with Gasteiger partial charge in [0.15, 0.2) is 0 Å². The van der Waals surface area contributed by atoms with Gasteiger partial charge in [0, 0.05) is 23.9 Å². The molecule has 0 saturated carbocycles. The SMILES string of the molecule is COC(=O)c1cn(-c2ncns2)c2cc(Cl)cnc2c1=O. The van der Waals surface area contributed by atoms with E-state index in [0.29, 0.717) is 15.7 Å². The number of methoxy groups -OCH3 is 1. The van der Waals surface area contributed by atoms with Gasteiger partial charge in [-0.15, -0.1) is 0 Å². The molecule has 0 fully saturated rings. The van der Waals surface area contributed by atoms with E-state index < -0.39 is 11.4 Å². The van der Waals surface area contributed by atoms with Crippen molar-refractivity contribution in [3.05, 3.63) is 45.6 Å². The maximum absolute atomic E-state index is 12.3. The molecule has 0 atom stereocenters. The van der Waals surface area contributed by atoms with Crippen LogP contribution in [0.3, 0.4) is 0 Å². The molecule has 7 nitrogen and oxygen atoms in total. The van der Waals surface area contributed by atoms with Gasteiger partial charge in [-0.3, -0.25) is 9.36 Å². The fourth-order valence-electron chi connectivity index (χ4n) is 1.86. The van der Waals surface area contributed by atoms with E-state index in [0.717, 1.165) is 11.5 Å². The highest BCUT2D eigenvalue weighted by Crippen LogP contribution is 2.20. The van der Waals surface area contributed by atoms with Crippen LogP contribution in [-0.4, -0.2) is 32.0 Å². The lowest BCUT2D eigenvalue weighted by Crippen LogP contribution is -2.20. The van der Waals surface area contributed by atoms with Gasteiger partial charge in [-0.1, -0.05) is 11.6 Å². The third kappa shape index (κ3) is 2.28. The maximum Gasteiger partial charge on any atom is 0.343 e. The van der Waals surface area contributed by atoms with Crippen LogP contribution in [0.4, 0.5) is 0 Å². The minimum atomic E-state index is -0.739. The first-order valence-electron chi connectivity index (χ1n) is 5.68. The summed E-state index contributed by atoms with van der Waals surface area (Å²) in [5.74, 6) is -0.739. The Labute approximate surface area is 127 Å². The second-order valence-electron chi connectivity index (χ2n) is 3.98. The number of halogens is 1. The summed E-state index contributed by atoms with van der Waals surface area (Å²) in [6.07, 6.45) is 4.07. The van der Waals surface area contributed by atoms with Gasteiger partial charge in [0.25, 0.3) is 0 Å². The number of pyridine rings is 2. The van der Waals surface area contributed by atoms with Crippen LogP contribution in [0.25, 0.3) is 16.2 Å². The molecule has 3 aromatic rings. The zero-order valence-corrected chi connectivity index (χ0v) is 12.2. The van der Waals surface area contributed by atoms with Crippen LogP contribution in [0.2, 0.25) is 5.02 Å². The van der Waals surface area contributed by atoms with E-state index in [2.05, 4.69) is 19.1 Å². The zero-order chi connectivity index (χ0) is 15.0. The van der Waals surface area contributed by atoms with Gasteiger partial charge >= 0.3 is 5.97 Å². The molecule has 0 spiro atoms. The Bertz CT molecular complexity index is 891. The van der Waals surface area contributed by atoms with Crippen molar-refractivity contribution in [3.8, 4) is 5.13 Å². The number of fused-ring (bicyclic) bond motifs is 1. The predicted molar refractivity (Wildman–Crippen MR) is 77.2 cm³/mol. The van der Waals surface area contributed by atoms with E-state index in [-0.39, 0.29) is 11.1 Å². The van der Waals surface area contributed by atoms with E-state index in [1.54, 1.807) is 10.6 Å². The molecular weight excluding hydrogens is 316 g/mol. The van der Waals surface area contributed by atoms with Crippen molar-refractivity contribution in [2.75, 3.05) is 7.11 Å². The van der Waals surface area contributed by atoms with E-state index in [1.807, 2.05) is 0 Å². The van der Waals surface area contributed by atoms with E-state index in [1.165, 1.54) is 25.8 Å². The summed E-state index contributed by atoms with van der Waals surface area (Å²) in [6, 6.07) is 1.58. The van der Waals surface area contributed by atoms with Crippen molar-refractivity contribution in [1.29, 1.82) is 0 Å². The Morgan fingerprint density at radius 1 is 1.43 bits per heavy atom. The molecule has 3 aromatic heterocycles. The largest absolute Gasteiger partial charge is 0.465 e. The van der Waals surface area contributed by atoms with Gasteiger partial charge in [-0.05, 0) is 6.07 Å². The van der Waals surface area contributed by atoms with Crippen LogP contribution in [-0.2, 0) is 4.74 Å². The minimum absolute atomic E-state index is 0.109. The fourth-order valence-corrected chi connectivity index (χ4v) is 2.53. The lowest BCUT2D eigenvalue weighted by atomic mass is 10.2. The van der Waals surface area contributed by atoms with Crippen molar-refractivity contribution >= 4 is 40.1 Å². The number of esters is 1. The summed E-state index contributed by atoms with van der Waals surface area (Å²) in [4.78, 5) is 32.1. The summed E-state index contributed by atoms with van der Waals surface area (Å²) >= 11 is 7.04. The third-order valence-corrected chi connectivity index (χ3v) is 3.64. The second kappa shape index (κ2) is 5.23. The van der Waals surface area contributed by atoms with Gasteiger partial charge < -0.3 is 4.74 Å². The number of nitrogens with zero attached hydrogens (tertiary/aromatic N) is 4. The Morgan fingerprint density at radius 2 is 2.24 bits per heavy atom. The molecular formula is C12H7ClN4O3S. The number of hydrogen-bond acceptors (Lipinski definition) is 7. The molecule has 3 heterocycles. The first-order valence-corrected chi connectivity index (χ1v) is 6.83. The summed E-state index contributed by atoms with van der Waals surface area (Å²) < 4.78 is 10.1. The highest BCUT2D eigenvalue weighted by molar-refractivity contribution is 7.08. The summed E-state index contributed by atoms with van der Waals surface area (Å²) in [7, 11) is 1.20. The summed E-state index contributed by atoms with van der Waals surface area (Å²) in [6.45, 7) is 0.